The van der Waals surface area contributed by atoms with Crippen molar-refractivity contribution < 1.29 is 28.5 Å². The number of hydrogen-bond acceptors (Lipinski definition) is 7. The molecule has 1 aromatic carbocycles. The van der Waals surface area contributed by atoms with Crippen molar-refractivity contribution in [1.82, 2.24) is 9.88 Å². The SMILES string of the molecule is CC(C)OC(=O)N1COC(C2(CC(C)Oc3ccccn3)OCCO2)C1Cc1ccccc1. The maximum absolute atomic E-state index is 12.9. The van der Waals surface area contributed by atoms with E-state index in [9.17, 15) is 4.79 Å². The second kappa shape index (κ2) is 10.5. The molecule has 3 heterocycles. The van der Waals surface area contributed by atoms with Gasteiger partial charge in [0.05, 0.1) is 25.4 Å². The average molecular weight is 457 g/mol. The zero-order valence-corrected chi connectivity index (χ0v) is 19.4. The quantitative estimate of drug-likeness (QED) is 0.598. The molecule has 0 N–H and O–H groups in total. The van der Waals surface area contributed by atoms with Crippen LogP contribution in [0.4, 0.5) is 4.79 Å². The van der Waals surface area contributed by atoms with Crippen molar-refractivity contribution in [2.24, 2.45) is 0 Å². The summed E-state index contributed by atoms with van der Waals surface area (Å²) in [6.45, 7) is 6.63. The summed E-state index contributed by atoms with van der Waals surface area (Å²) >= 11 is 0. The number of hydrogen-bond donors (Lipinski definition) is 0. The van der Waals surface area contributed by atoms with E-state index in [-0.39, 0.29) is 25.0 Å². The highest BCUT2D eigenvalue weighted by Crippen LogP contribution is 2.39. The number of rotatable bonds is 8. The molecule has 3 unspecified atom stereocenters. The lowest BCUT2D eigenvalue weighted by Crippen LogP contribution is -2.54. The lowest BCUT2D eigenvalue weighted by molar-refractivity contribution is -0.236. The van der Waals surface area contributed by atoms with Gasteiger partial charge in [-0.2, -0.15) is 0 Å². The van der Waals surface area contributed by atoms with Gasteiger partial charge >= 0.3 is 6.09 Å². The topological polar surface area (TPSA) is 79.4 Å². The van der Waals surface area contributed by atoms with E-state index in [1.165, 1.54) is 0 Å². The van der Waals surface area contributed by atoms with Gasteiger partial charge in [-0.25, -0.2) is 9.78 Å². The predicted octanol–water partition coefficient (Wildman–Crippen LogP) is 3.80. The van der Waals surface area contributed by atoms with Gasteiger partial charge in [0.25, 0.3) is 0 Å². The van der Waals surface area contributed by atoms with Crippen molar-refractivity contribution in [3.8, 4) is 5.88 Å². The molecule has 2 aliphatic rings. The first-order valence-corrected chi connectivity index (χ1v) is 11.5. The van der Waals surface area contributed by atoms with Crippen molar-refractivity contribution in [3.05, 3.63) is 60.3 Å². The number of aromatic nitrogens is 1. The average Bonchev–Trinajstić information content (AvgIpc) is 3.42. The lowest BCUT2D eigenvalue weighted by Gasteiger charge is -2.38. The van der Waals surface area contributed by atoms with Crippen LogP contribution in [0.5, 0.6) is 5.88 Å². The van der Waals surface area contributed by atoms with E-state index in [0.717, 1.165) is 5.56 Å². The second-order valence-electron chi connectivity index (χ2n) is 8.69. The first kappa shape index (κ1) is 23.5. The summed E-state index contributed by atoms with van der Waals surface area (Å²) in [7, 11) is 0. The van der Waals surface area contributed by atoms with E-state index in [4.69, 9.17) is 23.7 Å². The summed E-state index contributed by atoms with van der Waals surface area (Å²) in [4.78, 5) is 18.8. The number of ether oxygens (including phenoxy) is 5. The molecule has 2 fully saturated rings. The fourth-order valence-corrected chi connectivity index (χ4v) is 4.42. The minimum Gasteiger partial charge on any atom is -0.474 e. The maximum atomic E-state index is 12.9. The Bertz CT molecular complexity index is 888. The standard InChI is InChI=1S/C25H32N2O6/c1-18(2)32-24(28)27-17-29-23(21(27)15-20-9-5-4-6-10-20)25(30-13-14-31-25)16-19(3)33-22-11-7-8-12-26-22/h4-12,18-19,21,23H,13-17H2,1-3H3. The molecule has 33 heavy (non-hydrogen) atoms. The van der Waals surface area contributed by atoms with Crippen molar-refractivity contribution >= 4 is 6.09 Å². The Labute approximate surface area is 194 Å². The van der Waals surface area contributed by atoms with Gasteiger partial charge in [0.1, 0.15) is 18.9 Å². The van der Waals surface area contributed by atoms with Gasteiger partial charge in [-0.1, -0.05) is 36.4 Å². The van der Waals surface area contributed by atoms with Crippen LogP contribution in [0.2, 0.25) is 0 Å². The Hall–Kier alpha value is -2.68. The minimum atomic E-state index is -1.04. The number of pyridine rings is 1. The molecule has 0 bridgehead atoms. The third-order valence-corrected chi connectivity index (χ3v) is 5.74. The molecular weight excluding hydrogens is 424 g/mol. The summed E-state index contributed by atoms with van der Waals surface area (Å²) in [6, 6.07) is 15.2. The predicted molar refractivity (Wildman–Crippen MR) is 121 cm³/mol. The lowest BCUT2D eigenvalue weighted by atomic mass is 9.92. The molecule has 3 atom stereocenters. The number of amides is 1. The van der Waals surface area contributed by atoms with Crippen molar-refractivity contribution in [3.63, 3.8) is 0 Å². The van der Waals surface area contributed by atoms with Gasteiger partial charge in [0.2, 0.25) is 11.7 Å². The van der Waals surface area contributed by atoms with Crippen LogP contribution >= 0.6 is 0 Å². The van der Waals surface area contributed by atoms with Crippen LogP contribution in [-0.2, 0) is 25.4 Å². The van der Waals surface area contributed by atoms with Gasteiger partial charge in [0.15, 0.2) is 0 Å². The molecule has 0 spiro atoms. The fraction of sp³-hybridized carbons (Fsp3) is 0.520. The van der Waals surface area contributed by atoms with E-state index in [1.54, 1.807) is 11.1 Å². The Morgan fingerprint density at radius 3 is 2.52 bits per heavy atom. The fourth-order valence-electron chi connectivity index (χ4n) is 4.42. The molecule has 0 saturated carbocycles. The van der Waals surface area contributed by atoms with Crippen LogP contribution in [0.15, 0.2) is 54.7 Å². The smallest absolute Gasteiger partial charge is 0.412 e. The van der Waals surface area contributed by atoms with Gasteiger partial charge in [-0.05, 0) is 38.8 Å². The van der Waals surface area contributed by atoms with E-state index in [2.05, 4.69) is 4.98 Å². The number of carbonyl (C=O) groups excluding carboxylic acids is 1. The summed E-state index contributed by atoms with van der Waals surface area (Å²) in [5, 5.41) is 0. The highest BCUT2D eigenvalue weighted by atomic mass is 16.8. The molecule has 1 amide bonds. The van der Waals surface area contributed by atoms with Crippen LogP contribution < -0.4 is 4.74 Å². The minimum absolute atomic E-state index is 0.109. The molecule has 4 rings (SSSR count). The molecule has 0 aliphatic carbocycles. The Balaban J connectivity index is 1.57. The van der Waals surface area contributed by atoms with E-state index in [0.29, 0.717) is 31.9 Å². The third kappa shape index (κ3) is 5.63. The summed E-state index contributed by atoms with van der Waals surface area (Å²) in [5.74, 6) is -0.506. The van der Waals surface area contributed by atoms with Gasteiger partial charge < -0.3 is 23.7 Å². The zero-order chi connectivity index (χ0) is 23.3. The molecule has 2 saturated heterocycles. The van der Waals surface area contributed by atoms with Gasteiger partial charge in [0, 0.05) is 18.7 Å². The molecule has 8 nitrogen and oxygen atoms in total. The monoisotopic (exact) mass is 456 g/mol. The third-order valence-electron chi connectivity index (χ3n) is 5.74. The van der Waals surface area contributed by atoms with E-state index in [1.807, 2.05) is 69.3 Å². The Morgan fingerprint density at radius 2 is 1.85 bits per heavy atom. The number of benzene rings is 1. The summed E-state index contributed by atoms with van der Waals surface area (Å²) in [5.41, 5.74) is 1.09. The molecule has 2 aliphatic heterocycles. The van der Waals surface area contributed by atoms with Gasteiger partial charge in [-0.3, -0.25) is 4.90 Å². The van der Waals surface area contributed by atoms with Gasteiger partial charge in [-0.15, -0.1) is 0 Å². The van der Waals surface area contributed by atoms with E-state index >= 15 is 0 Å². The maximum Gasteiger partial charge on any atom is 0.412 e. The van der Waals surface area contributed by atoms with Crippen molar-refractivity contribution in [2.75, 3.05) is 19.9 Å². The molecule has 0 radical (unpaired) electrons. The highest BCUT2D eigenvalue weighted by molar-refractivity contribution is 5.68. The summed E-state index contributed by atoms with van der Waals surface area (Å²) < 4.78 is 30.1. The van der Waals surface area contributed by atoms with Crippen LogP contribution in [-0.4, -0.2) is 66.1 Å². The Kier molecular flexibility index (Phi) is 7.47. The van der Waals surface area contributed by atoms with Crippen molar-refractivity contribution in [2.45, 2.75) is 63.8 Å². The highest BCUT2D eigenvalue weighted by Gasteiger charge is 2.55. The van der Waals surface area contributed by atoms with E-state index < -0.39 is 18.0 Å². The normalized spacial score (nSPS) is 23.0. The first-order valence-electron chi connectivity index (χ1n) is 11.5. The number of carbonyl (C=O) groups is 1. The zero-order valence-electron chi connectivity index (χ0n) is 19.4. The van der Waals surface area contributed by atoms with Crippen LogP contribution in [0.25, 0.3) is 0 Å². The first-order chi connectivity index (χ1) is 16.0. The Morgan fingerprint density at radius 1 is 1.12 bits per heavy atom. The van der Waals surface area contributed by atoms with Crippen LogP contribution in [0, 0.1) is 0 Å². The largest absolute Gasteiger partial charge is 0.474 e. The second-order valence-corrected chi connectivity index (χ2v) is 8.69. The molecule has 178 valence electrons. The number of nitrogens with zero attached hydrogens (tertiary/aromatic N) is 2. The van der Waals surface area contributed by atoms with Crippen molar-refractivity contribution in [1.29, 1.82) is 0 Å². The van der Waals surface area contributed by atoms with Crippen LogP contribution in [0.3, 0.4) is 0 Å². The molecule has 1 aromatic heterocycles. The molecule has 8 heteroatoms. The molecular formula is C25H32N2O6. The summed E-state index contributed by atoms with van der Waals surface area (Å²) in [6.07, 6.45) is 1.31. The van der Waals surface area contributed by atoms with Crippen LogP contribution in [0.1, 0.15) is 32.8 Å². The molecule has 2 aromatic rings.